The summed E-state index contributed by atoms with van der Waals surface area (Å²) in [5, 5.41) is 3.48. The van der Waals surface area contributed by atoms with E-state index < -0.39 is 0 Å². The summed E-state index contributed by atoms with van der Waals surface area (Å²) in [5.41, 5.74) is 6.74. The normalized spacial score (nSPS) is 26.2. The lowest BCUT2D eigenvalue weighted by atomic mass is 9.98. The summed E-state index contributed by atoms with van der Waals surface area (Å²) in [6.07, 6.45) is 4.89. The zero-order valence-electron chi connectivity index (χ0n) is 11.4. The molecule has 108 valence electrons. The van der Waals surface area contributed by atoms with Crippen molar-refractivity contribution in [1.29, 1.82) is 0 Å². The highest BCUT2D eigenvalue weighted by Gasteiger charge is 2.35. The van der Waals surface area contributed by atoms with E-state index in [4.69, 9.17) is 18.0 Å². The van der Waals surface area contributed by atoms with E-state index in [1.807, 2.05) is 6.07 Å². The molecule has 2 aliphatic rings. The fourth-order valence-corrected chi connectivity index (χ4v) is 3.72. The van der Waals surface area contributed by atoms with Crippen LogP contribution in [0.5, 0.6) is 0 Å². The molecule has 2 fully saturated rings. The number of halogens is 1. The van der Waals surface area contributed by atoms with E-state index in [-0.39, 0.29) is 10.8 Å². The van der Waals surface area contributed by atoms with Crippen molar-refractivity contribution >= 4 is 22.9 Å². The minimum Gasteiger partial charge on any atom is -0.389 e. The molecule has 0 aliphatic carbocycles. The fourth-order valence-electron chi connectivity index (χ4n) is 3.51. The summed E-state index contributed by atoms with van der Waals surface area (Å²) >= 11 is 4.98. The smallest absolute Gasteiger partial charge is 0.135 e. The molecule has 3 nitrogen and oxygen atoms in total. The predicted molar refractivity (Wildman–Crippen MR) is 83.5 cm³/mol. The number of hydrogen-bond acceptors (Lipinski definition) is 3. The summed E-state index contributed by atoms with van der Waals surface area (Å²) in [6.45, 7) is 2.31. The van der Waals surface area contributed by atoms with E-state index in [1.165, 1.54) is 31.9 Å². The maximum atomic E-state index is 13.9. The van der Waals surface area contributed by atoms with Crippen LogP contribution in [0.4, 0.5) is 10.1 Å². The van der Waals surface area contributed by atoms with Crippen molar-refractivity contribution < 1.29 is 4.39 Å². The molecule has 2 saturated heterocycles. The Kier molecular flexibility index (Phi) is 3.89. The maximum absolute atomic E-state index is 13.9. The Morgan fingerprint density at radius 1 is 1.30 bits per heavy atom. The van der Waals surface area contributed by atoms with Crippen molar-refractivity contribution in [3.05, 3.63) is 29.6 Å². The first kappa shape index (κ1) is 13.8. The number of fused-ring (bicyclic) bond motifs is 1. The Morgan fingerprint density at radius 2 is 2.15 bits per heavy atom. The number of nitrogens with zero attached hydrogens (tertiary/aromatic N) is 1. The first-order chi connectivity index (χ1) is 9.66. The highest BCUT2D eigenvalue weighted by molar-refractivity contribution is 7.80. The zero-order chi connectivity index (χ0) is 14.1. The Balaban J connectivity index is 1.81. The van der Waals surface area contributed by atoms with Gasteiger partial charge in [-0.1, -0.05) is 24.7 Å². The van der Waals surface area contributed by atoms with Crippen molar-refractivity contribution in [2.45, 2.75) is 37.8 Å². The van der Waals surface area contributed by atoms with Crippen molar-refractivity contribution in [2.24, 2.45) is 5.73 Å². The number of nitrogens with two attached hydrogens (primary N) is 1. The molecule has 0 saturated carbocycles. The minimum atomic E-state index is -0.346. The van der Waals surface area contributed by atoms with Gasteiger partial charge in [-0.15, -0.1) is 0 Å². The van der Waals surface area contributed by atoms with Gasteiger partial charge in [-0.05, 0) is 37.9 Å². The monoisotopic (exact) mass is 293 g/mol. The third-order valence-electron chi connectivity index (χ3n) is 4.46. The third kappa shape index (κ3) is 2.52. The van der Waals surface area contributed by atoms with Gasteiger partial charge >= 0.3 is 0 Å². The highest BCUT2D eigenvalue weighted by Crippen LogP contribution is 2.30. The van der Waals surface area contributed by atoms with Gasteiger partial charge in [0.15, 0.2) is 0 Å². The molecule has 0 amide bonds. The standard InChI is InChI=1S/C15H20FN3S/c16-10-4-3-5-12(14(10)15(17)20)18-11-7-9-19-8-2-1-6-13(11)19/h3-5,11,13,18H,1-2,6-9H2,(H2,17,20). The van der Waals surface area contributed by atoms with Crippen LogP contribution in [-0.4, -0.2) is 35.1 Å². The predicted octanol–water partition coefficient (Wildman–Crippen LogP) is 2.50. The Labute approximate surface area is 124 Å². The topological polar surface area (TPSA) is 41.3 Å². The average Bonchev–Trinajstić information content (AvgIpc) is 2.82. The van der Waals surface area contributed by atoms with Gasteiger partial charge < -0.3 is 11.1 Å². The van der Waals surface area contributed by atoms with Crippen LogP contribution in [0.3, 0.4) is 0 Å². The van der Waals surface area contributed by atoms with Crippen LogP contribution in [0.2, 0.25) is 0 Å². The highest BCUT2D eigenvalue weighted by atomic mass is 32.1. The number of rotatable bonds is 3. The molecular formula is C15H20FN3S. The quantitative estimate of drug-likeness (QED) is 0.840. The maximum Gasteiger partial charge on any atom is 0.135 e. The van der Waals surface area contributed by atoms with Crippen LogP contribution in [0, 0.1) is 5.82 Å². The number of anilines is 1. The largest absolute Gasteiger partial charge is 0.389 e. The molecule has 1 aromatic carbocycles. The number of piperidine rings is 1. The van der Waals surface area contributed by atoms with Crippen molar-refractivity contribution in [2.75, 3.05) is 18.4 Å². The molecule has 1 aromatic rings. The lowest BCUT2D eigenvalue weighted by Gasteiger charge is -2.33. The second-order valence-corrected chi connectivity index (χ2v) is 6.11. The van der Waals surface area contributed by atoms with E-state index in [0.717, 1.165) is 18.7 Å². The van der Waals surface area contributed by atoms with Crippen LogP contribution in [0.25, 0.3) is 0 Å². The second-order valence-electron chi connectivity index (χ2n) is 5.67. The van der Waals surface area contributed by atoms with Crippen LogP contribution in [-0.2, 0) is 0 Å². The SMILES string of the molecule is NC(=S)c1c(F)cccc1NC1CCN2CCCCC12. The summed E-state index contributed by atoms with van der Waals surface area (Å²) < 4.78 is 13.9. The molecule has 0 spiro atoms. The number of hydrogen-bond donors (Lipinski definition) is 2. The molecule has 2 atom stereocenters. The van der Waals surface area contributed by atoms with Crippen LogP contribution in [0.1, 0.15) is 31.2 Å². The van der Waals surface area contributed by atoms with E-state index in [2.05, 4.69) is 10.2 Å². The Hall–Kier alpha value is -1.20. The van der Waals surface area contributed by atoms with Gasteiger partial charge in [0.05, 0.1) is 5.56 Å². The molecule has 2 aliphatic heterocycles. The minimum absolute atomic E-state index is 0.115. The zero-order valence-corrected chi connectivity index (χ0v) is 12.3. The van der Waals surface area contributed by atoms with Gasteiger partial charge in [0.1, 0.15) is 10.8 Å². The van der Waals surface area contributed by atoms with Gasteiger partial charge in [0, 0.05) is 24.3 Å². The van der Waals surface area contributed by atoms with Gasteiger partial charge in [-0.25, -0.2) is 4.39 Å². The van der Waals surface area contributed by atoms with E-state index in [9.17, 15) is 4.39 Å². The lowest BCUT2D eigenvalue weighted by Crippen LogP contribution is -2.42. The molecule has 3 rings (SSSR count). The van der Waals surface area contributed by atoms with Gasteiger partial charge in [0.25, 0.3) is 0 Å². The molecule has 0 radical (unpaired) electrons. The summed E-state index contributed by atoms with van der Waals surface area (Å²) in [6, 6.07) is 5.90. The lowest BCUT2D eigenvalue weighted by molar-refractivity contribution is 0.193. The molecule has 0 aromatic heterocycles. The van der Waals surface area contributed by atoms with Gasteiger partial charge in [-0.2, -0.15) is 0 Å². The number of nitrogens with one attached hydrogen (secondary N) is 1. The molecule has 2 unspecified atom stereocenters. The Bertz CT molecular complexity index is 520. The van der Waals surface area contributed by atoms with Crippen LogP contribution < -0.4 is 11.1 Å². The second kappa shape index (κ2) is 5.66. The third-order valence-corrected chi connectivity index (χ3v) is 4.66. The molecule has 0 bridgehead atoms. The van der Waals surface area contributed by atoms with Crippen molar-refractivity contribution in [3.63, 3.8) is 0 Å². The molecule has 20 heavy (non-hydrogen) atoms. The van der Waals surface area contributed by atoms with Crippen LogP contribution >= 0.6 is 12.2 Å². The fraction of sp³-hybridized carbons (Fsp3) is 0.533. The van der Waals surface area contributed by atoms with E-state index in [0.29, 0.717) is 17.6 Å². The van der Waals surface area contributed by atoms with Crippen molar-refractivity contribution in [1.82, 2.24) is 4.90 Å². The van der Waals surface area contributed by atoms with E-state index >= 15 is 0 Å². The Morgan fingerprint density at radius 3 is 2.95 bits per heavy atom. The van der Waals surface area contributed by atoms with Gasteiger partial charge in [0.2, 0.25) is 0 Å². The van der Waals surface area contributed by atoms with Gasteiger partial charge in [-0.3, -0.25) is 4.90 Å². The number of thiocarbonyl (C=S) groups is 1. The van der Waals surface area contributed by atoms with Crippen LogP contribution in [0.15, 0.2) is 18.2 Å². The summed E-state index contributed by atoms with van der Waals surface area (Å²) in [5.74, 6) is -0.346. The first-order valence-electron chi connectivity index (χ1n) is 7.25. The first-order valence-corrected chi connectivity index (χ1v) is 7.66. The molecular weight excluding hydrogens is 273 g/mol. The summed E-state index contributed by atoms with van der Waals surface area (Å²) in [7, 11) is 0. The molecule has 5 heteroatoms. The number of benzene rings is 1. The van der Waals surface area contributed by atoms with E-state index in [1.54, 1.807) is 6.07 Å². The molecule has 3 N–H and O–H groups in total. The molecule has 2 heterocycles. The van der Waals surface area contributed by atoms with Crippen molar-refractivity contribution in [3.8, 4) is 0 Å². The average molecular weight is 293 g/mol. The summed E-state index contributed by atoms with van der Waals surface area (Å²) in [4.78, 5) is 2.66.